The highest BCUT2D eigenvalue weighted by Crippen LogP contribution is 2.51. The molecule has 0 aromatic heterocycles. The Morgan fingerprint density at radius 3 is 1.42 bits per heavy atom. The molecule has 570 valence electrons. The lowest BCUT2D eigenvalue weighted by molar-refractivity contribution is -0.385. The number of non-ortho nitro benzene ring substituents is 1. The van der Waals surface area contributed by atoms with Crippen LogP contribution in [0.2, 0.25) is 0 Å². The van der Waals surface area contributed by atoms with E-state index in [0.29, 0.717) is 36.4 Å². The van der Waals surface area contributed by atoms with Gasteiger partial charge >= 0.3 is 5.97 Å². The van der Waals surface area contributed by atoms with Gasteiger partial charge in [-0.25, -0.2) is 4.79 Å². The maximum absolute atomic E-state index is 13.3. The summed E-state index contributed by atoms with van der Waals surface area (Å²) in [5.74, 6) is -7.06. The first-order chi connectivity index (χ1) is 49.7. The second-order valence-electron chi connectivity index (χ2n) is 22.0. The Balaban J connectivity index is 1.13. The van der Waals surface area contributed by atoms with Crippen LogP contribution in [0.1, 0.15) is 17.5 Å². The molecule has 9 rings (SSSR count). The second kappa shape index (κ2) is 29.5. The van der Waals surface area contributed by atoms with Gasteiger partial charge in [0.15, 0.2) is 18.1 Å². The Morgan fingerprint density at radius 2 is 0.907 bits per heavy atom. The number of fused-ring (bicyclic) bond motifs is 3. The quantitative estimate of drug-likeness (QED) is 0.00598. The molecule has 0 unspecified atom stereocenters. The SMILES string of the molecule is Cc1cc(/N=N\c2c(S(=O)(=O)O)cc3c(S(=O)(=O)O)c(N=Nc4cc(S(=O)(=O)O)c5cc(S(=O)(=O)O)c(/N=N\c6ccc([N+](=O)[O-])cc6S(=O)(=O)O)c(O)c5c4N)ccc3c2O)c(OCCCS(=O)(=O)O)cc1/N=N\c1cc(C)c(/N=N\c2cc(S(=O)(=O)O)cc3cc(S(=O)(=O)O)cc(O)c23)cc1OCC(=O)O. The van der Waals surface area contributed by atoms with Crippen LogP contribution in [0.5, 0.6) is 28.7 Å². The smallest absolute Gasteiger partial charge is 0.341 e. The number of phenols is 3. The third kappa shape index (κ3) is 18.0. The molecule has 0 bridgehead atoms. The number of hydrogen-bond acceptors (Lipinski definition) is 35. The van der Waals surface area contributed by atoms with Gasteiger partial charge in [0.1, 0.15) is 81.5 Å². The van der Waals surface area contributed by atoms with Gasteiger partial charge in [0, 0.05) is 46.5 Å². The Hall–Kier alpha value is -11.3. The second-order valence-corrected chi connectivity index (χ2v) is 33.3. The fourth-order valence-electron chi connectivity index (χ4n) is 9.84. The summed E-state index contributed by atoms with van der Waals surface area (Å²) in [7, 11) is -43.1. The lowest BCUT2D eigenvalue weighted by Gasteiger charge is -2.15. The molecule has 0 aliphatic rings. The number of nitrogens with two attached hydrogens (primary N) is 1. The number of anilines is 1. The molecule has 9 aromatic rings. The highest BCUT2D eigenvalue weighted by Gasteiger charge is 2.32. The number of carboxylic acids is 1. The molecule has 0 fully saturated rings. The predicted octanol–water partition coefficient (Wildman–Crippen LogP) is 10.3. The maximum atomic E-state index is 13.3. The first-order valence-electron chi connectivity index (χ1n) is 28.4. The van der Waals surface area contributed by atoms with Gasteiger partial charge in [0.25, 0.3) is 86.6 Å². The van der Waals surface area contributed by atoms with Crippen LogP contribution >= 0.6 is 0 Å². The lowest BCUT2D eigenvalue weighted by Crippen LogP contribution is -2.09. The van der Waals surface area contributed by atoms with Gasteiger partial charge in [-0.3, -0.25) is 46.5 Å². The molecule has 0 spiro atoms. The van der Waals surface area contributed by atoms with Crippen LogP contribution in [0.3, 0.4) is 0 Å². The van der Waals surface area contributed by atoms with Gasteiger partial charge in [-0.2, -0.15) is 77.6 Å². The highest BCUT2D eigenvalue weighted by atomic mass is 32.2. The number of nitro benzene ring substituents is 1. The summed E-state index contributed by atoms with van der Waals surface area (Å²) >= 11 is 0. The zero-order valence-corrected chi connectivity index (χ0v) is 59.8. The van der Waals surface area contributed by atoms with Crippen molar-refractivity contribution in [3.8, 4) is 28.7 Å². The summed E-state index contributed by atoms with van der Waals surface area (Å²) in [6.07, 6.45) is -0.442. The molecule has 0 atom stereocenters. The number of nitro groups is 1. The summed E-state index contributed by atoms with van der Waals surface area (Å²) in [5, 5.41) is 88.6. The minimum atomic E-state index is -5.83. The highest BCUT2D eigenvalue weighted by molar-refractivity contribution is 7.88. The first kappa shape index (κ1) is 80.8. The van der Waals surface area contributed by atoms with Gasteiger partial charge in [-0.15, -0.1) is 40.9 Å². The topological polar surface area (TPSA) is 744 Å². The van der Waals surface area contributed by atoms with E-state index in [2.05, 4.69) is 51.1 Å². The van der Waals surface area contributed by atoms with Crippen molar-refractivity contribution in [1.82, 2.24) is 0 Å². The van der Waals surface area contributed by atoms with E-state index >= 15 is 0 Å². The van der Waals surface area contributed by atoms with Crippen molar-refractivity contribution in [3.05, 3.63) is 118 Å². The number of nitrogens with zero attached hydrogens (tertiary/aromatic N) is 11. The van der Waals surface area contributed by atoms with Crippen molar-refractivity contribution in [1.29, 1.82) is 0 Å². The van der Waals surface area contributed by atoms with Gasteiger partial charge in [0.05, 0.1) is 60.6 Å². The number of carboxylic acid groups (broad SMARTS) is 1. The van der Waals surface area contributed by atoms with E-state index in [1.165, 1.54) is 19.9 Å². The number of aryl methyl sites for hydroxylation is 2. The standard InChI is InChI=1S/C55H44N12O33S8/c1-23-10-36(41(99-8-3-9-101(75,76)77)19-34(23)59-61-37-11-24(2)35(20-42(37)100-22-47(69)70)60-63-38-15-27(102(78,79)80)12-25-13-28(103(81,82)83)16-40(68)48(25)38)62-65-51-45(106(90,91)92)17-30-29(53(51)71)5-7-33(55(30)108(96,97)98)58-64-39-21-43(104(84,85)86)31-18-46(107(93,94)95)52(54(72)49(31)50(39)56)66-57-32-6-4-26(67(73)74)14-44(32)105(87,88)89/h4-7,10-21,68,71-72H,3,8-9,22,56H2,1-2H3,(H,69,70)(H,75,76,77)(H,78,79,80)(H,81,82,83)(H,84,85,86)(H,87,88,89)(H,90,91,92)(H,93,94,95)(H,96,97,98)/b61-59-,63-60-,64-58?,65-62-,66-57-. The average molecular weight is 1660 g/mol. The van der Waals surface area contributed by atoms with Gasteiger partial charge in [-0.05, 0) is 104 Å². The Bertz CT molecular complexity index is 6580. The van der Waals surface area contributed by atoms with Crippen molar-refractivity contribution in [2.24, 2.45) is 51.1 Å². The molecule has 0 saturated heterocycles. The molecule has 108 heavy (non-hydrogen) atoms. The van der Waals surface area contributed by atoms with Crippen molar-refractivity contribution in [2.75, 3.05) is 24.7 Å². The van der Waals surface area contributed by atoms with Crippen molar-refractivity contribution < 1.29 is 143 Å². The molecule has 0 heterocycles. The summed E-state index contributed by atoms with van der Waals surface area (Å²) in [5.41, 5.74) is -2.80. The Labute approximate surface area is 604 Å². The third-order valence-electron chi connectivity index (χ3n) is 14.6. The van der Waals surface area contributed by atoms with E-state index in [1.807, 2.05) is 0 Å². The molecule has 0 aliphatic carbocycles. The fourth-order valence-corrected chi connectivity index (χ4v) is 14.9. The average Bonchev–Trinajstić information content (AvgIpc) is 0.742. The van der Waals surface area contributed by atoms with Gasteiger partial charge < -0.3 is 35.6 Å². The van der Waals surface area contributed by atoms with E-state index < -0.39 is 253 Å². The molecule has 45 nitrogen and oxygen atoms in total. The van der Waals surface area contributed by atoms with Crippen LogP contribution in [0.4, 0.5) is 68.2 Å². The molecule has 0 amide bonds. The number of aromatic hydroxyl groups is 3. The molecule has 14 N–H and O–H groups in total. The van der Waals surface area contributed by atoms with Crippen LogP contribution in [0, 0.1) is 24.0 Å². The fraction of sp³-hybridized carbons (Fsp3) is 0.109. The van der Waals surface area contributed by atoms with E-state index in [4.69, 9.17) is 15.2 Å². The van der Waals surface area contributed by atoms with E-state index in [9.17, 15) is 139 Å². The van der Waals surface area contributed by atoms with Crippen LogP contribution in [-0.2, 0) is 85.7 Å². The van der Waals surface area contributed by atoms with Crippen LogP contribution in [-0.4, -0.2) is 154 Å². The molecule has 0 radical (unpaired) electrons. The summed E-state index contributed by atoms with van der Waals surface area (Å²) in [4.78, 5) is 12.9. The number of phenolic OH excluding ortho intramolecular Hbond substituents is 3. The van der Waals surface area contributed by atoms with Crippen molar-refractivity contribution >= 4 is 187 Å². The molecule has 9 aromatic carbocycles. The number of aliphatic carboxylic acids is 1. The number of azo groups is 5. The minimum Gasteiger partial charge on any atom is -0.507 e. The number of ether oxygens (including phenoxy) is 2. The first-order valence-corrected chi connectivity index (χ1v) is 40.1. The largest absolute Gasteiger partial charge is 0.507 e. The minimum absolute atomic E-state index is 0.0478. The van der Waals surface area contributed by atoms with Crippen LogP contribution < -0.4 is 15.2 Å². The predicted molar refractivity (Wildman–Crippen MR) is 366 cm³/mol. The van der Waals surface area contributed by atoms with Crippen molar-refractivity contribution in [3.63, 3.8) is 0 Å². The van der Waals surface area contributed by atoms with Crippen LogP contribution in [0.25, 0.3) is 32.3 Å². The third-order valence-corrected chi connectivity index (χ3v) is 21.5. The molecular weight excluding hydrogens is 1610 g/mol. The normalized spacial score (nSPS) is 13.2. The summed E-state index contributed by atoms with van der Waals surface area (Å²) in [6, 6.07) is 11.0. The van der Waals surface area contributed by atoms with E-state index in [-0.39, 0.29) is 51.1 Å². The monoisotopic (exact) mass is 1660 g/mol. The zero-order valence-electron chi connectivity index (χ0n) is 53.3. The Morgan fingerprint density at radius 1 is 0.444 bits per heavy atom. The molecule has 53 heteroatoms. The van der Waals surface area contributed by atoms with E-state index in [0.717, 1.165) is 42.5 Å². The number of benzene rings is 9. The maximum Gasteiger partial charge on any atom is 0.341 e. The number of rotatable bonds is 26. The number of nitrogen functional groups attached to an aromatic ring is 1. The Kier molecular flexibility index (Phi) is 22.0. The number of hydrogen-bond donors (Lipinski definition) is 13. The summed E-state index contributed by atoms with van der Waals surface area (Å²) < 4.78 is 292. The molecule has 0 aliphatic heterocycles. The van der Waals surface area contributed by atoms with Gasteiger partial charge in [-0.1, -0.05) is 0 Å². The van der Waals surface area contributed by atoms with E-state index in [1.54, 1.807) is 0 Å². The van der Waals surface area contributed by atoms with Crippen LogP contribution in [0.15, 0.2) is 182 Å². The zero-order chi connectivity index (χ0) is 80.3. The number of carbonyl (C=O) groups is 1. The summed E-state index contributed by atoms with van der Waals surface area (Å²) in [6.45, 7) is 1.12. The van der Waals surface area contributed by atoms with Gasteiger partial charge in [0.2, 0.25) is 0 Å². The lowest BCUT2D eigenvalue weighted by atomic mass is 10.0. The molecule has 0 saturated carbocycles. The van der Waals surface area contributed by atoms with Crippen molar-refractivity contribution in [2.45, 2.75) is 54.5 Å². The molecular formula is C55H44N12O33S8.